The van der Waals surface area contributed by atoms with Crippen LogP contribution in [0.15, 0.2) is 52.8 Å². The van der Waals surface area contributed by atoms with E-state index in [1.54, 1.807) is 12.3 Å². The number of halogens is 3. The molecule has 0 aliphatic heterocycles. The number of pyridine rings is 1. The van der Waals surface area contributed by atoms with Crippen LogP contribution in [-0.4, -0.2) is 16.7 Å². The Morgan fingerprint density at radius 2 is 1.65 bits per heavy atom. The Hall–Kier alpha value is -2.90. The minimum atomic E-state index is -4.47. The van der Waals surface area contributed by atoms with E-state index < -0.39 is 11.7 Å². The molecule has 0 radical (unpaired) electrons. The summed E-state index contributed by atoms with van der Waals surface area (Å²) in [6.07, 6.45) is -2.90. The molecular formula is C18H20F3N5. The van der Waals surface area contributed by atoms with E-state index >= 15 is 0 Å². The molecule has 0 atom stereocenters. The van der Waals surface area contributed by atoms with Crippen LogP contribution in [-0.2, 0) is 11.6 Å². The van der Waals surface area contributed by atoms with Gasteiger partial charge in [-0.05, 0) is 35.2 Å². The molecule has 0 aliphatic carbocycles. The Labute approximate surface area is 149 Å². The molecule has 0 bridgehead atoms. The first-order chi connectivity index (χ1) is 12.0. The van der Waals surface area contributed by atoms with Gasteiger partial charge < -0.3 is 11.5 Å². The smallest absolute Gasteiger partial charge is 0.369 e. The number of aromatic nitrogens is 1. The molecule has 138 valence electrons. The molecule has 0 amide bonds. The standard InChI is InChI=1S/C18H20F3N5/c1-17(2,3)12-7-8-24-14(10-12)15(25-26-16(22)23)11-5-4-6-13(9-11)18(19,20)21/h4-10H,1-3H3,(H4,22,23,26)/b25-15-. The lowest BCUT2D eigenvalue weighted by Gasteiger charge is -2.19. The average molecular weight is 363 g/mol. The van der Waals surface area contributed by atoms with Gasteiger partial charge in [0.1, 0.15) is 5.71 Å². The average Bonchev–Trinajstić information content (AvgIpc) is 2.54. The maximum absolute atomic E-state index is 13.0. The molecule has 5 nitrogen and oxygen atoms in total. The summed E-state index contributed by atoms with van der Waals surface area (Å²) in [7, 11) is 0. The number of nitrogens with zero attached hydrogens (tertiary/aromatic N) is 3. The Kier molecular flexibility index (Phi) is 5.34. The lowest BCUT2D eigenvalue weighted by Crippen LogP contribution is -2.22. The van der Waals surface area contributed by atoms with E-state index in [-0.39, 0.29) is 22.6 Å². The first kappa shape index (κ1) is 19.4. The molecule has 0 spiro atoms. The molecular weight excluding hydrogens is 343 g/mol. The second kappa shape index (κ2) is 7.15. The molecule has 0 aliphatic rings. The third-order valence-electron chi connectivity index (χ3n) is 3.60. The summed E-state index contributed by atoms with van der Waals surface area (Å²) >= 11 is 0. The van der Waals surface area contributed by atoms with Gasteiger partial charge in [-0.25, -0.2) is 0 Å². The minimum Gasteiger partial charge on any atom is -0.369 e. The van der Waals surface area contributed by atoms with Gasteiger partial charge in [-0.2, -0.15) is 13.2 Å². The third kappa shape index (κ3) is 4.81. The minimum absolute atomic E-state index is 0.149. The molecule has 0 saturated heterocycles. The van der Waals surface area contributed by atoms with Crippen molar-refractivity contribution in [3.05, 3.63) is 65.0 Å². The highest BCUT2D eigenvalue weighted by molar-refractivity contribution is 6.12. The van der Waals surface area contributed by atoms with Crippen LogP contribution in [0.5, 0.6) is 0 Å². The predicted octanol–water partition coefficient (Wildman–Crippen LogP) is 3.42. The lowest BCUT2D eigenvalue weighted by atomic mass is 9.87. The summed E-state index contributed by atoms with van der Waals surface area (Å²) in [5, 5.41) is 7.54. The summed E-state index contributed by atoms with van der Waals surface area (Å²) in [6, 6.07) is 8.39. The van der Waals surface area contributed by atoms with Gasteiger partial charge in [0.2, 0.25) is 5.96 Å². The number of hydrogen-bond donors (Lipinski definition) is 2. The van der Waals surface area contributed by atoms with Crippen molar-refractivity contribution in [3.8, 4) is 0 Å². The van der Waals surface area contributed by atoms with Crippen molar-refractivity contribution >= 4 is 11.7 Å². The van der Waals surface area contributed by atoms with E-state index in [0.29, 0.717) is 5.69 Å². The Morgan fingerprint density at radius 1 is 0.962 bits per heavy atom. The van der Waals surface area contributed by atoms with E-state index in [1.807, 2.05) is 26.8 Å². The number of alkyl halides is 3. The second-order valence-electron chi connectivity index (χ2n) is 6.73. The summed E-state index contributed by atoms with van der Waals surface area (Å²) in [4.78, 5) is 4.24. The van der Waals surface area contributed by atoms with Gasteiger partial charge in [0.25, 0.3) is 0 Å². The van der Waals surface area contributed by atoms with Crippen LogP contribution >= 0.6 is 0 Å². The molecule has 1 aromatic heterocycles. The zero-order chi connectivity index (χ0) is 19.5. The van der Waals surface area contributed by atoms with Crippen LogP contribution in [0, 0.1) is 0 Å². The highest BCUT2D eigenvalue weighted by atomic mass is 19.4. The Morgan fingerprint density at radius 3 is 2.23 bits per heavy atom. The van der Waals surface area contributed by atoms with Gasteiger partial charge in [0.05, 0.1) is 11.3 Å². The van der Waals surface area contributed by atoms with Crippen LogP contribution in [0.25, 0.3) is 0 Å². The Balaban J connectivity index is 2.64. The van der Waals surface area contributed by atoms with Crippen molar-refractivity contribution in [1.29, 1.82) is 0 Å². The molecule has 26 heavy (non-hydrogen) atoms. The van der Waals surface area contributed by atoms with Crippen molar-refractivity contribution in [2.24, 2.45) is 21.7 Å². The van der Waals surface area contributed by atoms with Gasteiger partial charge >= 0.3 is 6.18 Å². The molecule has 1 heterocycles. The van der Waals surface area contributed by atoms with E-state index in [1.165, 1.54) is 12.1 Å². The van der Waals surface area contributed by atoms with Crippen molar-refractivity contribution in [2.45, 2.75) is 32.4 Å². The molecule has 4 N–H and O–H groups in total. The van der Waals surface area contributed by atoms with Crippen LogP contribution < -0.4 is 11.5 Å². The zero-order valence-corrected chi connectivity index (χ0v) is 14.7. The van der Waals surface area contributed by atoms with Gasteiger partial charge in [-0.3, -0.25) is 4.98 Å². The third-order valence-corrected chi connectivity index (χ3v) is 3.60. The highest BCUT2D eigenvalue weighted by Gasteiger charge is 2.31. The fraction of sp³-hybridized carbons (Fsp3) is 0.278. The SMILES string of the molecule is CC(C)(C)c1ccnc(/C(=N\N=C(N)N)c2cccc(C(F)(F)F)c2)c1. The number of guanidine groups is 1. The van der Waals surface area contributed by atoms with Crippen LogP contribution in [0.3, 0.4) is 0 Å². The molecule has 0 unspecified atom stereocenters. The van der Waals surface area contributed by atoms with Crippen LogP contribution in [0.2, 0.25) is 0 Å². The highest BCUT2D eigenvalue weighted by Crippen LogP contribution is 2.30. The summed E-state index contributed by atoms with van der Waals surface area (Å²) < 4.78 is 39.1. The van der Waals surface area contributed by atoms with Gasteiger partial charge in [-0.1, -0.05) is 32.9 Å². The van der Waals surface area contributed by atoms with E-state index in [0.717, 1.165) is 17.7 Å². The zero-order valence-electron chi connectivity index (χ0n) is 14.7. The quantitative estimate of drug-likeness (QED) is 0.497. The van der Waals surface area contributed by atoms with Crippen molar-refractivity contribution in [3.63, 3.8) is 0 Å². The molecule has 0 fully saturated rings. The van der Waals surface area contributed by atoms with Crippen LogP contribution in [0.1, 0.15) is 43.2 Å². The molecule has 2 aromatic rings. The molecule has 8 heteroatoms. The number of hydrogen-bond acceptors (Lipinski definition) is 3. The Bertz CT molecular complexity index is 785. The maximum atomic E-state index is 13.0. The number of benzene rings is 1. The molecule has 1 aromatic carbocycles. The normalized spacial score (nSPS) is 12.8. The second-order valence-corrected chi connectivity index (χ2v) is 6.73. The van der Waals surface area contributed by atoms with Crippen molar-refractivity contribution in [1.82, 2.24) is 4.98 Å². The van der Waals surface area contributed by atoms with Crippen molar-refractivity contribution in [2.75, 3.05) is 0 Å². The maximum Gasteiger partial charge on any atom is 0.416 e. The van der Waals surface area contributed by atoms with Gasteiger partial charge in [0.15, 0.2) is 0 Å². The van der Waals surface area contributed by atoms with E-state index in [9.17, 15) is 13.2 Å². The summed E-state index contributed by atoms with van der Waals surface area (Å²) in [6.45, 7) is 6.05. The van der Waals surface area contributed by atoms with Gasteiger partial charge in [-0.15, -0.1) is 10.2 Å². The summed E-state index contributed by atoms with van der Waals surface area (Å²) in [5.41, 5.74) is 11.4. The number of nitrogens with two attached hydrogens (primary N) is 2. The molecule has 2 rings (SSSR count). The fourth-order valence-corrected chi connectivity index (χ4v) is 2.23. The van der Waals surface area contributed by atoms with Crippen molar-refractivity contribution < 1.29 is 13.2 Å². The first-order valence-electron chi connectivity index (χ1n) is 7.79. The predicted molar refractivity (Wildman–Crippen MR) is 95.8 cm³/mol. The largest absolute Gasteiger partial charge is 0.416 e. The lowest BCUT2D eigenvalue weighted by molar-refractivity contribution is -0.137. The number of rotatable bonds is 3. The monoisotopic (exact) mass is 363 g/mol. The topological polar surface area (TPSA) is 89.6 Å². The van der Waals surface area contributed by atoms with E-state index in [2.05, 4.69) is 15.2 Å². The van der Waals surface area contributed by atoms with E-state index in [4.69, 9.17) is 11.5 Å². The summed E-state index contributed by atoms with van der Waals surface area (Å²) in [5.74, 6) is -0.304. The van der Waals surface area contributed by atoms with Gasteiger partial charge in [0, 0.05) is 11.8 Å². The fourth-order valence-electron chi connectivity index (χ4n) is 2.23. The first-order valence-corrected chi connectivity index (χ1v) is 7.79. The molecule has 0 saturated carbocycles. The van der Waals surface area contributed by atoms with Crippen LogP contribution in [0.4, 0.5) is 13.2 Å².